The molecule has 0 saturated heterocycles. The number of anilines is 1. The lowest BCUT2D eigenvalue weighted by atomic mass is 10.2. The first kappa shape index (κ1) is 13.7. The van der Waals surface area contributed by atoms with Crippen LogP contribution in [-0.4, -0.2) is 7.05 Å². The number of benzene rings is 2. The summed E-state index contributed by atoms with van der Waals surface area (Å²) in [5.74, 6) is 0. The lowest BCUT2D eigenvalue weighted by Gasteiger charge is -2.20. The van der Waals surface area contributed by atoms with Crippen molar-refractivity contribution in [2.24, 2.45) is 0 Å². The predicted molar refractivity (Wildman–Crippen MR) is 82.7 cm³/mol. The van der Waals surface area contributed by atoms with E-state index in [-0.39, 0.29) is 0 Å². The molecule has 0 atom stereocenters. The highest BCUT2D eigenvalue weighted by Gasteiger charge is 2.05. The van der Waals surface area contributed by atoms with Crippen molar-refractivity contribution in [1.82, 2.24) is 0 Å². The van der Waals surface area contributed by atoms with Crippen molar-refractivity contribution in [3.8, 4) is 0 Å². The molecule has 0 spiro atoms. The average Bonchev–Trinajstić information content (AvgIpc) is 2.27. The van der Waals surface area contributed by atoms with Gasteiger partial charge in [-0.1, -0.05) is 51.3 Å². The van der Waals surface area contributed by atoms with Crippen LogP contribution in [0.25, 0.3) is 0 Å². The molecule has 0 radical (unpaired) electrons. The van der Waals surface area contributed by atoms with Gasteiger partial charge in [0.05, 0.1) is 0 Å². The molecular weight excluding hydrogens is 333 g/mol. The van der Waals surface area contributed by atoms with E-state index in [1.807, 2.05) is 31.3 Å². The summed E-state index contributed by atoms with van der Waals surface area (Å²) in [5, 5.41) is 1.30. The van der Waals surface area contributed by atoms with Crippen molar-refractivity contribution in [2.75, 3.05) is 11.9 Å². The van der Waals surface area contributed by atoms with Crippen molar-refractivity contribution < 1.29 is 0 Å². The second-order valence-corrected chi connectivity index (χ2v) is 5.90. The van der Waals surface area contributed by atoms with Crippen LogP contribution >= 0.6 is 39.1 Å². The highest BCUT2D eigenvalue weighted by atomic mass is 79.9. The van der Waals surface area contributed by atoms with Gasteiger partial charge in [0.1, 0.15) is 0 Å². The van der Waals surface area contributed by atoms with Gasteiger partial charge in [0.25, 0.3) is 0 Å². The van der Waals surface area contributed by atoms with Gasteiger partial charge >= 0.3 is 0 Å². The number of hydrogen-bond donors (Lipinski definition) is 0. The van der Waals surface area contributed by atoms with Crippen LogP contribution in [0.2, 0.25) is 10.0 Å². The fourth-order valence-electron chi connectivity index (χ4n) is 1.76. The van der Waals surface area contributed by atoms with Crippen LogP contribution in [0.3, 0.4) is 0 Å². The van der Waals surface area contributed by atoms with Gasteiger partial charge in [-0.05, 0) is 35.9 Å². The Morgan fingerprint density at radius 2 is 1.72 bits per heavy atom. The highest BCUT2D eigenvalue weighted by Crippen LogP contribution is 2.26. The number of rotatable bonds is 3. The molecule has 0 unspecified atom stereocenters. The smallest absolute Gasteiger partial charge is 0.0441 e. The van der Waals surface area contributed by atoms with Crippen LogP contribution in [0.15, 0.2) is 46.9 Å². The summed E-state index contributed by atoms with van der Waals surface area (Å²) in [6.45, 7) is 0.802. The minimum atomic E-state index is 0.651. The second kappa shape index (κ2) is 5.96. The van der Waals surface area contributed by atoms with Crippen molar-refractivity contribution in [3.05, 3.63) is 62.5 Å². The molecule has 0 aliphatic heterocycles. The van der Waals surface area contributed by atoms with Crippen molar-refractivity contribution in [2.45, 2.75) is 6.54 Å². The third-order valence-corrected chi connectivity index (χ3v) is 3.53. The van der Waals surface area contributed by atoms with E-state index >= 15 is 0 Å². The van der Waals surface area contributed by atoms with E-state index in [1.54, 1.807) is 6.07 Å². The fraction of sp³-hybridized carbons (Fsp3) is 0.143. The Kier molecular flexibility index (Phi) is 4.55. The van der Waals surface area contributed by atoms with Gasteiger partial charge in [-0.25, -0.2) is 0 Å². The van der Waals surface area contributed by atoms with E-state index in [2.05, 4.69) is 33.0 Å². The third kappa shape index (κ3) is 3.64. The Labute approximate surface area is 125 Å². The van der Waals surface area contributed by atoms with Crippen LogP contribution in [0.1, 0.15) is 5.56 Å². The zero-order valence-corrected chi connectivity index (χ0v) is 12.9. The van der Waals surface area contributed by atoms with Gasteiger partial charge in [-0.15, -0.1) is 0 Å². The Morgan fingerprint density at radius 3 is 2.33 bits per heavy atom. The molecule has 0 aromatic heterocycles. The molecule has 0 amide bonds. The second-order valence-electron chi connectivity index (χ2n) is 4.11. The Balaban J connectivity index is 2.19. The summed E-state index contributed by atoms with van der Waals surface area (Å²) in [6.07, 6.45) is 0. The van der Waals surface area contributed by atoms with Gasteiger partial charge in [0.2, 0.25) is 0 Å². The molecule has 0 aliphatic carbocycles. The van der Waals surface area contributed by atoms with Crippen molar-refractivity contribution in [3.63, 3.8) is 0 Å². The van der Waals surface area contributed by atoms with E-state index in [0.29, 0.717) is 10.0 Å². The largest absolute Gasteiger partial charge is 0.370 e. The molecule has 0 bridgehead atoms. The lowest BCUT2D eigenvalue weighted by molar-refractivity contribution is 0.922. The van der Waals surface area contributed by atoms with Crippen LogP contribution in [0.4, 0.5) is 5.69 Å². The molecule has 0 heterocycles. The molecule has 2 rings (SSSR count). The van der Waals surface area contributed by atoms with Crippen LogP contribution in [0, 0.1) is 0 Å². The standard InChI is InChI=1S/C14H12BrCl2N/c1-18(9-10-3-2-4-11(15)5-10)14-7-12(16)6-13(17)8-14/h2-8H,9H2,1H3. The monoisotopic (exact) mass is 343 g/mol. The lowest BCUT2D eigenvalue weighted by Crippen LogP contribution is -2.16. The van der Waals surface area contributed by atoms with Crippen LogP contribution < -0.4 is 4.90 Å². The molecule has 94 valence electrons. The van der Waals surface area contributed by atoms with E-state index in [0.717, 1.165) is 16.7 Å². The maximum Gasteiger partial charge on any atom is 0.0441 e. The summed E-state index contributed by atoms with van der Waals surface area (Å²) >= 11 is 15.5. The molecule has 2 aromatic carbocycles. The summed E-state index contributed by atoms with van der Waals surface area (Å²) in [7, 11) is 2.02. The zero-order chi connectivity index (χ0) is 13.1. The third-order valence-electron chi connectivity index (χ3n) is 2.60. The minimum absolute atomic E-state index is 0.651. The maximum absolute atomic E-state index is 6.00. The first-order chi connectivity index (χ1) is 8.54. The normalized spacial score (nSPS) is 10.4. The van der Waals surface area contributed by atoms with Crippen LogP contribution in [0.5, 0.6) is 0 Å². The van der Waals surface area contributed by atoms with E-state index < -0.39 is 0 Å². The predicted octanol–water partition coefficient (Wildman–Crippen LogP) is 5.39. The van der Waals surface area contributed by atoms with E-state index in [1.165, 1.54) is 5.56 Å². The fourth-order valence-corrected chi connectivity index (χ4v) is 2.72. The maximum atomic E-state index is 6.00. The van der Waals surface area contributed by atoms with E-state index in [9.17, 15) is 0 Å². The number of halogens is 3. The Hall–Kier alpha value is -0.700. The quantitative estimate of drug-likeness (QED) is 0.721. The van der Waals surface area contributed by atoms with Gasteiger partial charge in [0.15, 0.2) is 0 Å². The summed E-state index contributed by atoms with van der Waals surface area (Å²) < 4.78 is 1.08. The van der Waals surface area contributed by atoms with E-state index in [4.69, 9.17) is 23.2 Å². The molecular formula is C14H12BrCl2N. The molecule has 4 heteroatoms. The summed E-state index contributed by atoms with van der Waals surface area (Å²) in [6, 6.07) is 13.8. The Morgan fingerprint density at radius 1 is 1.06 bits per heavy atom. The first-order valence-electron chi connectivity index (χ1n) is 5.46. The highest BCUT2D eigenvalue weighted by molar-refractivity contribution is 9.10. The molecule has 0 N–H and O–H groups in total. The number of hydrogen-bond acceptors (Lipinski definition) is 1. The van der Waals surface area contributed by atoms with Crippen molar-refractivity contribution in [1.29, 1.82) is 0 Å². The van der Waals surface area contributed by atoms with Crippen LogP contribution in [-0.2, 0) is 6.54 Å². The summed E-state index contributed by atoms with van der Waals surface area (Å²) in [4.78, 5) is 2.11. The topological polar surface area (TPSA) is 3.24 Å². The Bertz CT molecular complexity index is 537. The SMILES string of the molecule is CN(Cc1cccc(Br)c1)c1cc(Cl)cc(Cl)c1. The average molecular weight is 345 g/mol. The molecule has 2 aromatic rings. The number of nitrogens with zero attached hydrogens (tertiary/aromatic N) is 1. The zero-order valence-electron chi connectivity index (χ0n) is 9.83. The molecule has 18 heavy (non-hydrogen) atoms. The molecule has 0 fully saturated rings. The van der Waals surface area contributed by atoms with Gasteiger partial charge < -0.3 is 4.90 Å². The molecule has 0 saturated carbocycles. The van der Waals surface area contributed by atoms with Crippen molar-refractivity contribution >= 4 is 44.8 Å². The molecule has 0 aliphatic rings. The van der Waals surface area contributed by atoms with Gasteiger partial charge in [0, 0.05) is 33.8 Å². The first-order valence-corrected chi connectivity index (χ1v) is 7.01. The van der Waals surface area contributed by atoms with Gasteiger partial charge in [-0.2, -0.15) is 0 Å². The molecule has 1 nitrogen and oxygen atoms in total. The summed E-state index contributed by atoms with van der Waals surface area (Å²) in [5.41, 5.74) is 2.23. The minimum Gasteiger partial charge on any atom is -0.370 e. The van der Waals surface area contributed by atoms with Gasteiger partial charge in [-0.3, -0.25) is 0 Å².